The second kappa shape index (κ2) is 5.61. The molecule has 0 aliphatic rings. The number of aryl methyl sites for hydroxylation is 2. The summed E-state index contributed by atoms with van der Waals surface area (Å²) in [6, 6.07) is 0. The Bertz CT molecular complexity index is 465. The van der Waals surface area contributed by atoms with Gasteiger partial charge in [0.1, 0.15) is 6.10 Å². The summed E-state index contributed by atoms with van der Waals surface area (Å²) >= 11 is 0. The number of carbonyl (C=O) groups excluding carboxylic acids is 1. The summed E-state index contributed by atoms with van der Waals surface area (Å²) < 4.78 is 11.8. The Morgan fingerprint density at radius 1 is 1.53 bits per heavy atom. The van der Waals surface area contributed by atoms with Gasteiger partial charge in [0.05, 0.1) is 30.4 Å². The fourth-order valence-corrected chi connectivity index (χ4v) is 2.00. The number of esters is 1. The highest BCUT2D eigenvalue weighted by Crippen LogP contribution is 2.40. The van der Waals surface area contributed by atoms with Crippen LogP contribution in [0.15, 0.2) is 0 Å². The molecule has 0 fully saturated rings. The summed E-state index contributed by atoms with van der Waals surface area (Å²) in [6.07, 6.45) is -1.05. The SMILES string of the molecule is CCOC(=O)C(C)(C)C(O)c1c(C)nn(C)c1OC. The molecule has 6 heteroatoms. The van der Waals surface area contributed by atoms with Crippen molar-refractivity contribution in [3.8, 4) is 5.88 Å². The Morgan fingerprint density at radius 3 is 2.58 bits per heavy atom. The molecule has 0 radical (unpaired) electrons. The van der Waals surface area contributed by atoms with Crippen LogP contribution in [0.4, 0.5) is 0 Å². The number of rotatable bonds is 5. The number of hydrogen-bond acceptors (Lipinski definition) is 5. The minimum absolute atomic E-state index is 0.276. The van der Waals surface area contributed by atoms with Crippen molar-refractivity contribution in [3.05, 3.63) is 11.3 Å². The zero-order chi connectivity index (χ0) is 14.8. The number of aliphatic hydroxyl groups is 1. The molecule has 1 aromatic rings. The summed E-state index contributed by atoms with van der Waals surface area (Å²) in [5, 5.41) is 14.7. The van der Waals surface area contributed by atoms with E-state index in [2.05, 4.69) is 5.10 Å². The van der Waals surface area contributed by atoms with Crippen LogP contribution in [0.1, 0.15) is 38.1 Å². The first-order valence-corrected chi connectivity index (χ1v) is 6.20. The topological polar surface area (TPSA) is 73.6 Å². The second-order valence-corrected chi connectivity index (χ2v) is 4.98. The van der Waals surface area contributed by atoms with Gasteiger partial charge in [0.15, 0.2) is 0 Å². The van der Waals surface area contributed by atoms with E-state index in [0.717, 1.165) is 0 Å². The molecule has 19 heavy (non-hydrogen) atoms. The molecule has 0 amide bonds. The van der Waals surface area contributed by atoms with Gasteiger partial charge in [-0.2, -0.15) is 5.10 Å². The molecule has 1 rings (SSSR count). The molecular weight excluding hydrogens is 248 g/mol. The number of aliphatic hydroxyl groups excluding tert-OH is 1. The molecule has 0 saturated heterocycles. The molecule has 0 bridgehead atoms. The molecule has 6 nitrogen and oxygen atoms in total. The van der Waals surface area contributed by atoms with E-state index >= 15 is 0 Å². The molecule has 1 aromatic heterocycles. The number of hydrogen-bond donors (Lipinski definition) is 1. The Morgan fingerprint density at radius 2 is 2.11 bits per heavy atom. The van der Waals surface area contributed by atoms with E-state index < -0.39 is 17.5 Å². The van der Waals surface area contributed by atoms with Gasteiger partial charge in [-0.1, -0.05) is 0 Å². The van der Waals surface area contributed by atoms with Crippen LogP contribution in [0.2, 0.25) is 0 Å². The quantitative estimate of drug-likeness (QED) is 0.818. The third kappa shape index (κ3) is 2.73. The van der Waals surface area contributed by atoms with Crippen LogP contribution in [0.5, 0.6) is 5.88 Å². The molecule has 0 aromatic carbocycles. The highest BCUT2D eigenvalue weighted by Gasteiger charge is 2.41. The predicted octanol–water partition coefficient (Wildman–Crippen LogP) is 1.36. The van der Waals surface area contributed by atoms with Crippen molar-refractivity contribution >= 4 is 5.97 Å². The summed E-state index contributed by atoms with van der Waals surface area (Å²) in [5.41, 5.74) is 0.0733. The zero-order valence-electron chi connectivity index (χ0n) is 12.4. The number of methoxy groups -OCH3 is 1. The average Bonchev–Trinajstić information content (AvgIpc) is 2.62. The maximum Gasteiger partial charge on any atom is 0.314 e. The minimum Gasteiger partial charge on any atom is -0.481 e. The lowest BCUT2D eigenvalue weighted by atomic mass is 9.82. The Hall–Kier alpha value is -1.56. The molecule has 0 aliphatic heterocycles. The van der Waals surface area contributed by atoms with Gasteiger partial charge in [-0.15, -0.1) is 0 Å². The van der Waals surface area contributed by atoms with Gasteiger partial charge in [-0.25, -0.2) is 4.68 Å². The minimum atomic E-state index is -1.07. The molecule has 1 heterocycles. The van der Waals surface area contributed by atoms with E-state index in [-0.39, 0.29) is 6.61 Å². The summed E-state index contributed by atoms with van der Waals surface area (Å²) in [5.74, 6) is -0.00446. The predicted molar refractivity (Wildman–Crippen MR) is 69.9 cm³/mol. The smallest absolute Gasteiger partial charge is 0.314 e. The van der Waals surface area contributed by atoms with E-state index in [0.29, 0.717) is 17.1 Å². The van der Waals surface area contributed by atoms with Gasteiger partial charge in [0.2, 0.25) is 5.88 Å². The Balaban J connectivity index is 3.19. The number of nitrogens with zero attached hydrogens (tertiary/aromatic N) is 2. The first-order chi connectivity index (χ1) is 8.77. The van der Waals surface area contributed by atoms with E-state index in [9.17, 15) is 9.90 Å². The molecule has 108 valence electrons. The third-order valence-corrected chi connectivity index (χ3v) is 3.17. The van der Waals surface area contributed by atoms with Crippen molar-refractivity contribution < 1.29 is 19.4 Å². The Kier molecular flexibility index (Phi) is 4.57. The van der Waals surface area contributed by atoms with Gasteiger partial charge in [0.25, 0.3) is 0 Å². The van der Waals surface area contributed by atoms with E-state index in [1.807, 2.05) is 0 Å². The Labute approximate surface area is 113 Å². The molecule has 1 unspecified atom stereocenters. The van der Waals surface area contributed by atoms with Gasteiger partial charge < -0.3 is 14.6 Å². The van der Waals surface area contributed by atoms with Crippen molar-refractivity contribution in [1.29, 1.82) is 0 Å². The lowest BCUT2D eigenvalue weighted by Gasteiger charge is -2.28. The molecular formula is C13H22N2O4. The van der Waals surface area contributed by atoms with Crippen LogP contribution < -0.4 is 4.74 Å². The fraction of sp³-hybridized carbons (Fsp3) is 0.692. The molecule has 1 N–H and O–H groups in total. The number of aromatic nitrogens is 2. The maximum absolute atomic E-state index is 11.9. The second-order valence-electron chi connectivity index (χ2n) is 4.98. The summed E-state index contributed by atoms with van der Waals surface area (Å²) in [4.78, 5) is 11.9. The summed E-state index contributed by atoms with van der Waals surface area (Å²) in [6.45, 7) is 7.06. The van der Waals surface area contributed by atoms with E-state index in [4.69, 9.17) is 9.47 Å². The summed E-state index contributed by atoms with van der Waals surface area (Å²) in [7, 11) is 3.23. The maximum atomic E-state index is 11.9. The van der Waals surface area contributed by atoms with Crippen LogP contribution in [-0.4, -0.2) is 34.6 Å². The van der Waals surface area contributed by atoms with Gasteiger partial charge >= 0.3 is 5.97 Å². The standard InChI is InChI=1S/C13H22N2O4/c1-7-19-12(17)13(3,4)10(16)9-8(2)14-15(5)11(9)18-6/h10,16H,7H2,1-6H3. The van der Waals surface area contributed by atoms with Crippen molar-refractivity contribution in [2.24, 2.45) is 12.5 Å². The average molecular weight is 270 g/mol. The fourth-order valence-electron chi connectivity index (χ4n) is 2.00. The lowest BCUT2D eigenvalue weighted by Crippen LogP contribution is -2.33. The van der Waals surface area contributed by atoms with Crippen LogP contribution in [0.25, 0.3) is 0 Å². The highest BCUT2D eigenvalue weighted by molar-refractivity contribution is 5.77. The number of carbonyl (C=O) groups is 1. The first-order valence-electron chi connectivity index (χ1n) is 6.20. The van der Waals surface area contributed by atoms with Crippen molar-refractivity contribution in [2.45, 2.75) is 33.8 Å². The van der Waals surface area contributed by atoms with Crippen molar-refractivity contribution in [1.82, 2.24) is 9.78 Å². The molecule has 0 aliphatic carbocycles. The molecule has 0 saturated carbocycles. The van der Waals surface area contributed by atoms with Crippen LogP contribution in [-0.2, 0) is 16.6 Å². The normalized spacial score (nSPS) is 13.2. The van der Waals surface area contributed by atoms with Crippen molar-refractivity contribution in [3.63, 3.8) is 0 Å². The molecule has 0 spiro atoms. The van der Waals surface area contributed by atoms with Crippen LogP contribution >= 0.6 is 0 Å². The van der Waals surface area contributed by atoms with Gasteiger partial charge in [0, 0.05) is 7.05 Å². The largest absolute Gasteiger partial charge is 0.481 e. The third-order valence-electron chi connectivity index (χ3n) is 3.17. The van der Waals surface area contributed by atoms with Crippen molar-refractivity contribution in [2.75, 3.05) is 13.7 Å². The monoisotopic (exact) mass is 270 g/mol. The van der Waals surface area contributed by atoms with E-state index in [1.54, 1.807) is 34.7 Å². The van der Waals surface area contributed by atoms with Crippen LogP contribution in [0.3, 0.4) is 0 Å². The first kappa shape index (κ1) is 15.5. The lowest BCUT2D eigenvalue weighted by molar-refractivity contribution is -0.160. The zero-order valence-corrected chi connectivity index (χ0v) is 12.4. The highest BCUT2D eigenvalue weighted by atomic mass is 16.5. The van der Waals surface area contributed by atoms with Crippen LogP contribution in [0, 0.1) is 12.3 Å². The van der Waals surface area contributed by atoms with Gasteiger partial charge in [-0.05, 0) is 27.7 Å². The van der Waals surface area contributed by atoms with Gasteiger partial charge in [-0.3, -0.25) is 4.79 Å². The molecule has 1 atom stereocenters. The van der Waals surface area contributed by atoms with E-state index in [1.165, 1.54) is 11.8 Å². The number of ether oxygens (including phenoxy) is 2.